The molecule has 4 nitrogen and oxygen atoms in total. The van der Waals surface area contributed by atoms with E-state index in [9.17, 15) is 0 Å². The largest absolute Gasteiger partial charge is 2.00 e. The first kappa shape index (κ1) is 29.2. The average molecular weight is 412 g/mol. The van der Waals surface area contributed by atoms with Gasteiger partial charge >= 0.3 is 21.1 Å². The zero-order valence-corrected chi connectivity index (χ0v) is 11.7. The topological polar surface area (TPSA) is 66.2 Å². The van der Waals surface area contributed by atoms with Gasteiger partial charge in [-0.3, -0.25) is 10.8 Å². The zero-order valence-electron chi connectivity index (χ0n) is 7.89. The molecule has 0 unspecified atom stereocenters. The van der Waals surface area contributed by atoms with Crippen LogP contribution in [-0.4, -0.2) is 26.0 Å². The molecular weight excluding hydrogens is 398 g/mol. The second kappa shape index (κ2) is 22.8. The quantitative estimate of drug-likeness (QED) is 0.310. The van der Waals surface area contributed by atoms with Crippen LogP contribution in [0.2, 0.25) is 0 Å². The summed E-state index contributed by atoms with van der Waals surface area (Å²) >= 11 is 0. The first-order valence-corrected chi connectivity index (χ1v) is 2.72. The summed E-state index contributed by atoms with van der Waals surface area (Å²) in [4.78, 5) is 0. The summed E-state index contributed by atoms with van der Waals surface area (Å²) < 4.78 is 8.67. The molecule has 0 aliphatic rings. The van der Waals surface area contributed by atoms with E-state index >= 15 is 0 Å². The molecule has 0 heterocycles. The van der Waals surface area contributed by atoms with Crippen molar-refractivity contribution in [2.24, 2.45) is 0 Å². The number of halogens is 2. The van der Waals surface area contributed by atoms with E-state index in [1.165, 1.54) is 14.2 Å². The van der Waals surface area contributed by atoms with Gasteiger partial charge in [0.15, 0.2) is 11.8 Å². The van der Waals surface area contributed by atoms with Gasteiger partial charge in [0.05, 0.1) is 14.2 Å². The van der Waals surface area contributed by atoms with Crippen molar-refractivity contribution in [1.82, 2.24) is 0 Å². The zero-order chi connectivity index (χ0) is 8.57. The molecule has 0 saturated carbocycles. The van der Waals surface area contributed by atoms with E-state index in [-0.39, 0.29) is 57.7 Å². The number of hydrogen-bond acceptors (Lipinski definition) is 4. The third kappa shape index (κ3) is 71.8. The van der Waals surface area contributed by atoms with Crippen molar-refractivity contribution < 1.29 is 55.4 Å². The summed E-state index contributed by atoms with van der Waals surface area (Å²) in [6, 6.07) is 0. The first-order valence-electron chi connectivity index (χ1n) is 2.72. The molecule has 0 spiro atoms. The van der Waals surface area contributed by atoms with Gasteiger partial charge in [0.25, 0.3) is 0 Å². The molecule has 0 bridgehead atoms. The van der Waals surface area contributed by atoms with Crippen molar-refractivity contribution in [2.45, 2.75) is 13.8 Å². The van der Waals surface area contributed by atoms with Crippen LogP contribution in [0.1, 0.15) is 13.8 Å². The molecule has 0 amide bonds. The van der Waals surface area contributed by atoms with Gasteiger partial charge in [-0.1, -0.05) is 0 Å². The Balaban J connectivity index is -0.0000000267. The summed E-state index contributed by atoms with van der Waals surface area (Å²) in [5.74, 6) is 0.509. The molecule has 0 aliphatic carbocycles. The SMILES string of the molecule is COC(C)=N.COC(C)=N.[Cl-].[Cl-].[Pt+2]. The van der Waals surface area contributed by atoms with Gasteiger partial charge in [-0.25, -0.2) is 0 Å². The summed E-state index contributed by atoms with van der Waals surface area (Å²) in [7, 11) is 2.95. The van der Waals surface area contributed by atoms with Crippen LogP contribution in [0.3, 0.4) is 0 Å². The van der Waals surface area contributed by atoms with Gasteiger partial charge in [0.2, 0.25) is 0 Å². The molecule has 0 radical (unpaired) electrons. The molecule has 13 heavy (non-hydrogen) atoms. The van der Waals surface area contributed by atoms with E-state index in [0.29, 0.717) is 0 Å². The summed E-state index contributed by atoms with van der Waals surface area (Å²) in [5.41, 5.74) is 0. The maximum Gasteiger partial charge on any atom is 2.00 e. The fraction of sp³-hybridized carbons (Fsp3) is 0.667. The van der Waals surface area contributed by atoms with Gasteiger partial charge in [0, 0.05) is 13.8 Å². The van der Waals surface area contributed by atoms with E-state index in [1.807, 2.05) is 0 Å². The number of methoxy groups -OCH3 is 2. The van der Waals surface area contributed by atoms with Crippen LogP contribution >= 0.6 is 0 Å². The molecule has 0 aromatic carbocycles. The Bertz CT molecular complexity index is 111. The average Bonchev–Trinajstić information content (AvgIpc) is 1.89. The standard InChI is InChI=1S/2C3H7NO.2ClH.Pt/c2*1-3(4)5-2;;;/h2*4H,1-2H3;2*1H;/q;;;;+2/p-2. The molecule has 0 atom stereocenters. The Hall–Kier alpha value is 0.208. The third-order valence-corrected chi connectivity index (χ3v) is 0.612. The molecule has 0 rings (SSSR count). The Morgan fingerprint density at radius 2 is 0.923 bits per heavy atom. The molecule has 84 valence electrons. The summed E-state index contributed by atoms with van der Waals surface area (Å²) in [6.07, 6.45) is 0. The van der Waals surface area contributed by atoms with Crippen LogP contribution in [0.4, 0.5) is 0 Å². The number of hydrogen-bond donors (Lipinski definition) is 2. The molecule has 0 aliphatic heterocycles. The number of nitrogens with one attached hydrogen (secondary N) is 2. The van der Waals surface area contributed by atoms with Gasteiger partial charge in [-0.15, -0.1) is 0 Å². The van der Waals surface area contributed by atoms with Crippen molar-refractivity contribution in [3.05, 3.63) is 0 Å². The maximum absolute atomic E-state index is 6.52. The molecule has 2 N–H and O–H groups in total. The fourth-order valence-electron chi connectivity index (χ4n) is 0. The van der Waals surface area contributed by atoms with E-state index in [2.05, 4.69) is 9.47 Å². The molecule has 0 saturated heterocycles. The molecule has 7 heteroatoms. The monoisotopic (exact) mass is 411 g/mol. The van der Waals surface area contributed by atoms with Crippen molar-refractivity contribution in [3.8, 4) is 0 Å². The minimum absolute atomic E-state index is 0. The molecule has 0 fully saturated rings. The predicted octanol–water partition coefficient (Wildman–Crippen LogP) is -4.73. The van der Waals surface area contributed by atoms with Crippen molar-refractivity contribution in [2.75, 3.05) is 14.2 Å². The third-order valence-electron chi connectivity index (χ3n) is 0.612. The number of rotatable bonds is 0. The van der Waals surface area contributed by atoms with Crippen LogP contribution in [-0.2, 0) is 30.5 Å². The minimum atomic E-state index is 0. The van der Waals surface area contributed by atoms with Crippen LogP contribution in [0.5, 0.6) is 0 Å². The van der Waals surface area contributed by atoms with E-state index in [4.69, 9.17) is 10.8 Å². The molecule has 0 aromatic rings. The maximum atomic E-state index is 6.52. The Kier molecular flexibility index (Phi) is 51.2. The van der Waals surface area contributed by atoms with E-state index < -0.39 is 0 Å². The normalized spacial score (nSPS) is 5.23. The minimum Gasteiger partial charge on any atom is -1.00 e. The van der Waals surface area contributed by atoms with Crippen LogP contribution in [0.25, 0.3) is 0 Å². The number of ether oxygens (including phenoxy) is 2. The summed E-state index contributed by atoms with van der Waals surface area (Å²) in [6.45, 7) is 3.17. The van der Waals surface area contributed by atoms with Crippen molar-refractivity contribution >= 4 is 11.8 Å². The molecule has 0 aromatic heterocycles. The Morgan fingerprint density at radius 1 is 0.846 bits per heavy atom. The van der Waals surface area contributed by atoms with Crippen LogP contribution in [0, 0.1) is 10.8 Å². The Morgan fingerprint density at radius 3 is 0.923 bits per heavy atom. The summed E-state index contributed by atoms with van der Waals surface area (Å²) in [5, 5.41) is 13.0. The van der Waals surface area contributed by atoms with Crippen LogP contribution in [0.15, 0.2) is 0 Å². The second-order valence-corrected chi connectivity index (χ2v) is 1.52. The van der Waals surface area contributed by atoms with Gasteiger partial charge in [-0.05, 0) is 0 Å². The fourth-order valence-corrected chi connectivity index (χ4v) is 0. The van der Waals surface area contributed by atoms with E-state index in [0.717, 1.165) is 0 Å². The second-order valence-electron chi connectivity index (χ2n) is 1.52. The van der Waals surface area contributed by atoms with Crippen molar-refractivity contribution in [3.63, 3.8) is 0 Å². The molecular formula is C6H14Cl2N2O2Pt. The van der Waals surface area contributed by atoms with E-state index in [1.54, 1.807) is 13.8 Å². The predicted molar refractivity (Wildman–Crippen MR) is 40.8 cm³/mol. The van der Waals surface area contributed by atoms with Crippen molar-refractivity contribution in [1.29, 1.82) is 10.8 Å². The van der Waals surface area contributed by atoms with Gasteiger partial charge < -0.3 is 34.3 Å². The van der Waals surface area contributed by atoms with Crippen LogP contribution < -0.4 is 24.8 Å². The smallest absolute Gasteiger partial charge is 1.00 e. The first-order chi connectivity index (χ1) is 4.54. The van der Waals surface area contributed by atoms with Gasteiger partial charge in [-0.2, -0.15) is 0 Å². The Labute approximate surface area is 106 Å². The van der Waals surface area contributed by atoms with Gasteiger partial charge in [0.1, 0.15) is 0 Å².